The number of carbonyl (C=O) groups excluding carboxylic acids is 1. The Balaban J connectivity index is 1.86. The Kier molecular flexibility index (Phi) is 5.93. The van der Waals surface area contributed by atoms with E-state index in [1.165, 1.54) is 17.4 Å². The molecule has 0 spiro atoms. The Bertz CT molecular complexity index is 640. The van der Waals surface area contributed by atoms with Gasteiger partial charge < -0.3 is 4.90 Å². The summed E-state index contributed by atoms with van der Waals surface area (Å²) in [5.41, 5.74) is 0. The van der Waals surface area contributed by atoms with Gasteiger partial charge in [0.2, 0.25) is 15.9 Å². The maximum Gasteiger partial charge on any atom is 0.250 e. The average molecular weight is 340 g/mol. The largest absolute Gasteiger partial charge is 0.339 e. The van der Waals surface area contributed by atoms with Crippen LogP contribution in [0.4, 0.5) is 0 Å². The molecule has 0 aliphatic carbocycles. The van der Waals surface area contributed by atoms with Crippen molar-refractivity contribution in [3.8, 4) is 0 Å². The van der Waals surface area contributed by atoms with Gasteiger partial charge in [-0.25, -0.2) is 13.1 Å². The summed E-state index contributed by atoms with van der Waals surface area (Å²) < 4.78 is 27.4. The number of carbonyl (C=O) groups is 1. The second-order valence-electron chi connectivity index (χ2n) is 5.04. The zero-order chi connectivity index (χ0) is 16.0. The van der Waals surface area contributed by atoms with Gasteiger partial charge in [0.15, 0.2) is 0 Å². The summed E-state index contributed by atoms with van der Waals surface area (Å²) in [5, 5.41) is 1.74. The molecule has 1 aromatic heterocycles. The van der Waals surface area contributed by atoms with Crippen LogP contribution in [0.3, 0.4) is 0 Å². The Hall–Kier alpha value is -1.44. The second kappa shape index (κ2) is 7.71. The quantitative estimate of drug-likeness (QED) is 0.660. The van der Waals surface area contributed by atoms with Gasteiger partial charge in [0.25, 0.3) is 0 Å². The smallest absolute Gasteiger partial charge is 0.250 e. The summed E-state index contributed by atoms with van der Waals surface area (Å²) in [6.07, 6.45) is 8.18. The van der Waals surface area contributed by atoms with Gasteiger partial charge in [0, 0.05) is 25.2 Å². The predicted molar refractivity (Wildman–Crippen MR) is 88.2 cm³/mol. The molecule has 1 fully saturated rings. The summed E-state index contributed by atoms with van der Waals surface area (Å²) in [7, 11) is -3.43. The van der Waals surface area contributed by atoms with E-state index in [4.69, 9.17) is 0 Å². The van der Waals surface area contributed by atoms with Gasteiger partial charge in [-0.3, -0.25) is 4.79 Å². The molecule has 5 nitrogen and oxygen atoms in total. The number of hydrogen-bond acceptors (Lipinski definition) is 4. The minimum absolute atomic E-state index is 0.0299. The fraction of sp³-hybridized carbons (Fsp3) is 0.400. The fourth-order valence-electron chi connectivity index (χ4n) is 2.27. The summed E-state index contributed by atoms with van der Waals surface area (Å²) in [6, 6.07) is 3.20. The van der Waals surface area contributed by atoms with E-state index in [0.29, 0.717) is 30.1 Å². The molecule has 2 rings (SSSR count). The first-order valence-corrected chi connectivity index (χ1v) is 9.53. The highest BCUT2D eigenvalue weighted by Gasteiger charge is 2.26. The molecule has 0 unspecified atom stereocenters. The molecule has 0 bridgehead atoms. The first-order chi connectivity index (χ1) is 10.5. The lowest BCUT2D eigenvalue weighted by atomic mass is 10.1. The zero-order valence-electron chi connectivity index (χ0n) is 12.4. The third kappa shape index (κ3) is 4.53. The van der Waals surface area contributed by atoms with Gasteiger partial charge in [0.1, 0.15) is 4.21 Å². The first-order valence-electron chi connectivity index (χ1n) is 7.17. The van der Waals surface area contributed by atoms with Gasteiger partial charge in [0.05, 0.1) is 0 Å². The van der Waals surface area contributed by atoms with Crippen molar-refractivity contribution < 1.29 is 13.2 Å². The number of rotatable bonds is 5. The van der Waals surface area contributed by atoms with Crippen LogP contribution in [0.5, 0.6) is 0 Å². The molecule has 1 saturated heterocycles. The van der Waals surface area contributed by atoms with E-state index in [-0.39, 0.29) is 11.9 Å². The molecular weight excluding hydrogens is 320 g/mol. The average Bonchev–Trinajstić information content (AvgIpc) is 3.03. The SMILES string of the molecule is C/C=C/C=C/C(=O)N1CCC(NS(=O)(=O)c2cccs2)CC1. The van der Waals surface area contributed by atoms with E-state index >= 15 is 0 Å². The summed E-state index contributed by atoms with van der Waals surface area (Å²) in [5.74, 6) is -0.0299. The monoisotopic (exact) mass is 340 g/mol. The third-order valence-electron chi connectivity index (χ3n) is 3.43. The summed E-state index contributed by atoms with van der Waals surface area (Å²) in [4.78, 5) is 13.7. The van der Waals surface area contributed by atoms with Crippen LogP contribution in [-0.4, -0.2) is 38.4 Å². The van der Waals surface area contributed by atoms with E-state index in [0.717, 1.165) is 0 Å². The molecule has 1 amide bonds. The molecule has 22 heavy (non-hydrogen) atoms. The zero-order valence-corrected chi connectivity index (χ0v) is 14.1. The molecule has 1 N–H and O–H groups in total. The van der Waals surface area contributed by atoms with E-state index in [2.05, 4.69) is 4.72 Å². The predicted octanol–water partition coefficient (Wildman–Crippen LogP) is 2.15. The number of piperidine rings is 1. The number of amides is 1. The third-order valence-corrected chi connectivity index (χ3v) is 6.35. The molecule has 120 valence electrons. The van der Waals surface area contributed by atoms with Gasteiger partial charge in [-0.05, 0) is 31.2 Å². The highest BCUT2D eigenvalue weighted by molar-refractivity contribution is 7.91. The highest BCUT2D eigenvalue weighted by atomic mass is 32.2. The number of allylic oxidation sites excluding steroid dienone is 3. The number of hydrogen-bond donors (Lipinski definition) is 1. The molecular formula is C15H20N2O3S2. The normalized spacial score (nSPS) is 17.6. The van der Waals surface area contributed by atoms with Crippen molar-refractivity contribution in [3.63, 3.8) is 0 Å². The molecule has 2 heterocycles. The van der Waals surface area contributed by atoms with E-state index in [1.807, 2.05) is 13.0 Å². The first kappa shape index (κ1) is 16.9. The number of nitrogens with one attached hydrogen (secondary N) is 1. The Morgan fingerprint density at radius 3 is 2.68 bits per heavy atom. The van der Waals surface area contributed by atoms with Crippen LogP contribution in [0.15, 0.2) is 46.0 Å². The van der Waals surface area contributed by atoms with Crippen molar-refractivity contribution in [1.82, 2.24) is 9.62 Å². The lowest BCUT2D eigenvalue weighted by molar-refractivity contribution is -0.127. The molecule has 0 radical (unpaired) electrons. The fourth-order valence-corrected chi connectivity index (χ4v) is 4.58. The van der Waals surface area contributed by atoms with Crippen LogP contribution >= 0.6 is 11.3 Å². The number of nitrogens with zero attached hydrogens (tertiary/aromatic N) is 1. The maximum atomic E-state index is 12.2. The van der Waals surface area contributed by atoms with E-state index in [1.54, 1.807) is 34.6 Å². The molecule has 7 heteroatoms. The topological polar surface area (TPSA) is 66.5 Å². The molecule has 0 saturated carbocycles. The van der Waals surface area contributed by atoms with Crippen LogP contribution in [-0.2, 0) is 14.8 Å². The molecule has 1 aliphatic heterocycles. The Morgan fingerprint density at radius 2 is 2.09 bits per heavy atom. The molecule has 0 atom stereocenters. The molecule has 1 aliphatic rings. The molecule has 1 aromatic rings. The Labute approximate surface area is 135 Å². The van der Waals surface area contributed by atoms with E-state index in [9.17, 15) is 13.2 Å². The lowest BCUT2D eigenvalue weighted by Gasteiger charge is -2.31. The second-order valence-corrected chi connectivity index (χ2v) is 7.93. The van der Waals surface area contributed by atoms with Gasteiger partial charge >= 0.3 is 0 Å². The number of thiophene rings is 1. The highest BCUT2D eigenvalue weighted by Crippen LogP contribution is 2.18. The minimum Gasteiger partial charge on any atom is -0.339 e. The Morgan fingerprint density at radius 1 is 1.36 bits per heavy atom. The van der Waals surface area contributed by atoms with Crippen LogP contribution in [0, 0.1) is 0 Å². The van der Waals surface area contributed by atoms with Crippen LogP contribution in [0.1, 0.15) is 19.8 Å². The van der Waals surface area contributed by atoms with Crippen molar-refractivity contribution in [3.05, 3.63) is 41.8 Å². The van der Waals surface area contributed by atoms with Crippen molar-refractivity contribution in [2.24, 2.45) is 0 Å². The van der Waals surface area contributed by atoms with Crippen LogP contribution in [0.2, 0.25) is 0 Å². The van der Waals surface area contributed by atoms with Gasteiger partial charge in [-0.15, -0.1) is 11.3 Å². The van der Waals surface area contributed by atoms with Crippen LogP contribution < -0.4 is 4.72 Å². The van der Waals surface area contributed by atoms with Crippen molar-refractivity contribution in [2.75, 3.05) is 13.1 Å². The van der Waals surface area contributed by atoms with Crippen LogP contribution in [0.25, 0.3) is 0 Å². The van der Waals surface area contributed by atoms with Crippen molar-refractivity contribution in [2.45, 2.75) is 30.0 Å². The maximum absolute atomic E-state index is 12.2. The molecule has 0 aromatic carbocycles. The summed E-state index contributed by atoms with van der Waals surface area (Å²) in [6.45, 7) is 3.02. The van der Waals surface area contributed by atoms with E-state index < -0.39 is 10.0 Å². The van der Waals surface area contributed by atoms with Gasteiger partial charge in [-0.2, -0.15) is 0 Å². The van der Waals surface area contributed by atoms with Crippen molar-refractivity contribution >= 4 is 27.3 Å². The standard InChI is InChI=1S/C15H20N2O3S2/c1-2-3-4-6-14(18)17-10-8-13(9-11-17)16-22(19,20)15-7-5-12-21-15/h2-7,12-13,16H,8-11H2,1H3/b3-2+,6-4+. The van der Waals surface area contributed by atoms with Gasteiger partial charge in [-0.1, -0.05) is 24.3 Å². The minimum atomic E-state index is -3.43. The summed E-state index contributed by atoms with van der Waals surface area (Å²) >= 11 is 1.20. The number of sulfonamides is 1. The van der Waals surface area contributed by atoms with Crippen molar-refractivity contribution in [1.29, 1.82) is 0 Å². The number of likely N-dealkylation sites (tertiary alicyclic amines) is 1. The lowest BCUT2D eigenvalue weighted by Crippen LogP contribution is -2.46.